The normalized spacial score (nSPS) is 12.7. The van der Waals surface area contributed by atoms with Crippen molar-refractivity contribution < 1.29 is 23.7 Å². The summed E-state index contributed by atoms with van der Waals surface area (Å²) in [5.74, 6) is -1.38. The van der Waals surface area contributed by atoms with Crippen molar-refractivity contribution in [1.29, 1.82) is 5.26 Å². The summed E-state index contributed by atoms with van der Waals surface area (Å²) in [5.41, 5.74) is 2.13. The van der Waals surface area contributed by atoms with E-state index in [-0.39, 0.29) is 23.1 Å². The van der Waals surface area contributed by atoms with E-state index in [1.54, 1.807) is 13.0 Å². The minimum atomic E-state index is -0.937. The number of aryl methyl sites for hydroxylation is 2. The summed E-state index contributed by atoms with van der Waals surface area (Å²) >= 11 is 0. The molecule has 0 bridgehead atoms. The summed E-state index contributed by atoms with van der Waals surface area (Å²) in [7, 11) is 0. The van der Waals surface area contributed by atoms with E-state index in [0.29, 0.717) is 38.1 Å². The number of nitrogens with one attached hydrogen (secondary N) is 4. The van der Waals surface area contributed by atoms with E-state index in [0.717, 1.165) is 11.1 Å². The zero-order valence-corrected chi connectivity index (χ0v) is 23.7. The summed E-state index contributed by atoms with van der Waals surface area (Å²) in [6.07, 6.45) is 2.94. The number of nitriles is 1. The van der Waals surface area contributed by atoms with Crippen molar-refractivity contribution in [3.8, 4) is 6.07 Å². The van der Waals surface area contributed by atoms with Gasteiger partial charge in [-0.1, -0.05) is 54.9 Å². The lowest BCUT2D eigenvalue weighted by Gasteiger charge is -2.21. The molecule has 2 atom stereocenters. The molecular formula is C29H38N6O5. The van der Waals surface area contributed by atoms with Gasteiger partial charge >= 0.3 is 0 Å². The highest BCUT2D eigenvalue weighted by molar-refractivity contribution is 5.97. The third-order valence-corrected chi connectivity index (χ3v) is 5.89. The highest BCUT2D eigenvalue weighted by Crippen LogP contribution is 2.07. The van der Waals surface area contributed by atoms with Crippen LogP contribution in [0.5, 0.6) is 0 Å². The van der Waals surface area contributed by atoms with Crippen LogP contribution in [0.15, 0.2) is 46.5 Å². The van der Waals surface area contributed by atoms with Gasteiger partial charge in [0.2, 0.25) is 11.8 Å². The third kappa shape index (κ3) is 10.7. The van der Waals surface area contributed by atoms with Gasteiger partial charge in [-0.05, 0) is 51.5 Å². The van der Waals surface area contributed by atoms with Crippen LogP contribution in [0.4, 0.5) is 0 Å². The number of aromatic nitrogens is 1. The molecule has 0 aliphatic carbocycles. The van der Waals surface area contributed by atoms with E-state index in [1.165, 1.54) is 13.0 Å². The van der Waals surface area contributed by atoms with Gasteiger partial charge < -0.3 is 25.8 Å². The fourth-order valence-electron chi connectivity index (χ4n) is 3.66. The van der Waals surface area contributed by atoms with E-state index < -0.39 is 29.8 Å². The molecule has 40 heavy (non-hydrogen) atoms. The summed E-state index contributed by atoms with van der Waals surface area (Å²) in [4.78, 5) is 50.5. The largest absolute Gasteiger partial charge is 0.361 e. The second kappa shape index (κ2) is 15.8. The maximum Gasteiger partial charge on any atom is 0.274 e. The van der Waals surface area contributed by atoms with Crippen LogP contribution in [0, 0.1) is 31.1 Å². The van der Waals surface area contributed by atoms with Crippen LogP contribution in [0.1, 0.15) is 67.4 Å². The molecule has 4 amide bonds. The highest BCUT2D eigenvalue weighted by Gasteiger charge is 2.25. The van der Waals surface area contributed by atoms with Crippen molar-refractivity contribution in [3.05, 3.63) is 64.6 Å². The van der Waals surface area contributed by atoms with Crippen molar-refractivity contribution in [2.45, 2.75) is 72.5 Å². The number of unbranched alkanes of at least 4 members (excludes halogenated alkanes) is 1. The number of allylic oxidation sites excluding steroid dienone is 1. The van der Waals surface area contributed by atoms with E-state index in [9.17, 15) is 24.4 Å². The highest BCUT2D eigenvalue weighted by atomic mass is 16.5. The number of hydrogen-bond acceptors (Lipinski definition) is 7. The Labute approximate surface area is 234 Å². The lowest BCUT2D eigenvalue weighted by molar-refractivity contribution is -0.130. The van der Waals surface area contributed by atoms with Gasteiger partial charge in [-0.15, -0.1) is 0 Å². The van der Waals surface area contributed by atoms with E-state index >= 15 is 0 Å². The van der Waals surface area contributed by atoms with Gasteiger partial charge in [0.05, 0.1) is 0 Å². The molecule has 4 N–H and O–H groups in total. The number of rotatable bonds is 14. The van der Waals surface area contributed by atoms with Crippen molar-refractivity contribution in [1.82, 2.24) is 26.4 Å². The van der Waals surface area contributed by atoms with E-state index in [2.05, 4.69) is 26.4 Å². The first-order valence-corrected chi connectivity index (χ1v) is 13.3. The van der Waals surface area contributed by atoms with Crippen molar-refractivity contribution >= 4 is 23.6 Å². The molecule has 0 fully saturated rings. The molecule has 11 nitrogen and oxygen atoms in total. The molecular weight excluding hydrogens is 512 g/mol. The number of carbonyl (C=O) groups excluding carboxylic acids is 4. The average molecular weight is 551 g/mol. The monoisotopic (exact) mass is 550 g/mol. The maximum atomic E-state index is 13.0. The minimum Gasteiger partial charge on any atom is -0.361 e. The summed E-state index contributed by atoms with van der Waals surface area (Å²) in [6, 6.07) is 9.29. The molecule has 1 aromatic heterocycles. The Bertz CT molecular complexity index is 1240. The van der Waals surface area contributed by atoms with Crippen LogP contribution >= 0.6 is 0 Å². The summed E-state index contributed by atoms with van der Waals surface area (Å²) in [6.45, 7) is 9.49. The molecule has 0 saturated heterocycles. The minimum absolute atomic E-state index is 0.0504. The van der Waals surface area contributed by atoms with Crippen LogP contribution < -0.4 is 21.3 Å². The van der Waals surface area contributed by atoms with E-state index in [4.69, 9.17) is 4.52 Å². The van der Waals surface area contributed by atoms with Gasteiger partial charge in [0, 0.05) is 19.2 Å². The Hall–Kier alpha value is -4.46. The van der Waals surface area contributed by atoms with E-state index in [1.807, 2.05) is 51.1 Å². The van der Waals surface area contributed by atoms with Crippen LogP contribution in [0.2, 0.25) is 0 Å². The van der Waals surface area contributed by atoms with Gasteiger partial charge in [0.25, 0.3) is 11.8 Å². The molecule has 0 spiro atoms. The van der Waals surface area contributed by atoms with Crippen molar-refractivity contribution in [2.75, 3.05) is 6.54 Å². The fraction of sp³-hybridized carbons (Fsp3) is 0.448. The van der Waals surface area contributed by atoms with Crippen LogP contribution in [-0.2, 0) is 20.9 Å². The molecule has 0 aliphatic rings. The molecule has 0 radical (unpaired) electrons. The van der Waals surface area contributed by atoms with Gasteiger partial charge in [-0.3, -0.25) is 19.2 Å². The SMILES string of the molecule is Cc1ccc(CNC(=O)C(CCCCNC(=O)C(C#N)=CC(C)C)NC(=O)C(C)NC(=O)c2cc(C)on2)cc1. The Kier molecular flexibility index (Phi) is 12.6. The maximum absolute atomic E-state index is 13.0. The number of carbonyl (C=O) groups is 4. The Morgan fingerprint density at radius 1 is 1.00 bits per heavy atom. The lowest BCUT2D eigenvalue weighted by Crippen LogP contribution is -2.52. The van der Waals surface area contributed by atoms with Crippen LogP contribution in [-0.4, -0.2) is 47.4 Å². The number of nitrogens with zero attached hydrogens (tertiary/aromatic N) is 2. The predicted octanol–water partition coefficient (Wildman–Crippen LogP) is 2.60. The molecule has 214 valence electrons. The Morgan fingerprint density at radius 2 is 1.70 bits per heavy atom. The van der Waals surface area contributed by atoms with Gasteiger partial charge in [0.15, 0.2) is 5.69 Å². The predicted molar refractivity (Wildman–Crippen MR) is 149 cm³/mol. The first-order valence-electron chi connectivity index (χ1n) is 13.3. The smallest absolute Gasteiger partial charge is 0.274 e. The standard InChI is InChI=1S/C29H38N6O5/c1-18(2)14-23(16-30)27(37)31-13-7-6-8-24(28(38)32-17-22-11-9-19(3)10-12-22)34-26(36)21(5)33-29(39)25-15-20(4)40-35-25/h9-12,14-15,18,21,24H,6-8,13,17H2,1-5H3,(H,31,37)(H,32,38)(H,33,39)(H,34,36). The first-order chi connectivity index (χ1) is 19.0. The van der Waals surface area contributed by atoms with Gasteiger partial charge in [0.1, 0.15) is 29.5 Å². The molecule has 2 rings (SSSR count). The molecule has 2 aromatic rings. The lowest BCUT2D eigenvalue weighted by atomic mass is 10.1. The second-order valence-corrected chi connectivity index (χ2v) is 9.97. The Balaban J connectivity index is 1.96. The molecule has 1 aromatic carbocycles. The van der Waals surface area contributed by atoms with Crippen molar-refractivity contribution in [3.63, 3.8) is 0 Å². The number of benzene rings is 1. The average Bonchev–Trinajstić information content (AvgIpc) is 3.36. The summed E-state index contributed by atoms with van der Waals surface area (Å²) in [5, 5.41) is 23.7. The summed E-state index contributed by atoms with van der Waals surface area (Å²) < 4.78 is 4.90. The number of hydrogen-bond donors (Lipinski definition) is 4. The quantitative estimate of drug-likeness (QED) is 0.159. The second-order valence-electron chi connectivity index (χ2n) is 9.97. The first kappa shape index (κ1) is 31.8. The molecule has 1 heterocycles. The van der Waals surface area contributed by atoms with Gasteiger partial charge in [-0.2, -0.15) is 5.26 Å². The van der Waals surface area contributed by atoms with Crippen LogP contribution in [0.25, 0.3) is 0 Å². The molecule has 0 saturated carbocycles. The van der Waals surface area contributed by atoms with Crippen molar-refractivity contribution in [2.24, 2.45) is 5.92 Å². The fourth-order valence-corrected chi connectivity index (χ4v) is 3.66. The third-order valence-electron chi connectivity index (χ3n) is 5.89. The molecule has 2 unspecified atom stereocenters. The molecule has 0 aliphatic heterocycles. The zero-order chi connectivity index (χ0) is 29.7. The van der Waals surface area contributed by atoms with Gasteiger partial charge in [-0.25, -0.2) is 0 Å². The van der Waals surface area contributed by atoms with Crippen LogP contribution in [0.3, 0.4) is 0 Å². The molecule has 11 heteroatoms. The Morgan fingerprint density at radius 3 is 2.30 bits per heavy atom. The topological polar surface area (TPSA) is 166 Å². The zero-order valence-electron chi connectivity index (χ0n) is 23.7. The number of amides is 4.